The van der Waals surface area contributed by atoms with Crippen LogP contribution in [0.3, 0.4) is 0 Å². The number of fused-ring (bicyclic) bond motifs is 18. The van der Waals surface area contributed by atoms with Crippen molar-refractivity contribution in [3.8, 4) is 153 Å². The maximum atomic E-state index is 5.33. The molecule has 0 amide bonds. The molecule has 3 aliphatic rings. The molecule has 0 atom stereocenters. The number of rotatable bonds is 14. The van der Waals surface area contributed by atoms with Gasteiger partial charge in [0.2, 0.25) is 5.95 Å². The maximum absolute atomic E-state index is 5.33. The van der Waals surface area contributed by atoms with E-state index in [0.717, 1.165) is 88.8 Å². The van der Waals surface area contributed by atoms with E-state index in [1.807, 2.05) is 146 Å². The van der Waals surface area contributed by atoms with Crippen LogP contribution in [0.2, 0.25) is 0 Å². The summed E-state index contributed by atoms with van der Waals surface area (Å²) >= 11 is 0. The fourth-order valence-corrected chi connectivity index (χ4v) is 23.2. The standard InChI is InChI=1S/C52H34N4.2C42H30N4/c1-5-18-35(19-6-1)37-22-17-23-38(32-37)50-53-49(36-20-7-2-8-21-36)54-51(55-50)56-47-31-16-14-29-42(47)44-33-43-41-28-13-15-30-45(41)52(46(43)34-48(44)56,39-24-9-3-10-25-39)40-26-11-4-12-27-40;1-42(2)35-22-11-9-20-31(35)33-25-34-32-21-10-12-23-37(32)46(38(34)26-36(33)42)30-19-13-18-29(24-30)41-44-39(27-14-5-3-6-15-27)43-40(45-41)28-16-7-4-8-17-28;1-42(2)35-19-11-9-17-31(35)33-25-34-32-18-10-12-20-37(32)46(38(34)26-36(33)42)30-23-21-29(22-24-30)41-44-39(27-13-5-3-6-14-27)43-40(45-41)28-15-7-4-8-16-28/h1-34H;2*3-26H,1-2H3. The highest BCUT2D eigenvalue weighted by Gasteiger charge is 2.47. The normalized spacial score (nSPS) is 13.0. The van der Waals surface area contributed by atoms with E-state index in [0.29, 0.717) is 52.5 Å². The lowest BCUT2D eigenvalue weighted by Gasteiger charge is -2.34. The Bertz CT molecular complexity index is 9530. The molecule has 6 aromatic heterocycles. The Balaban J connectivity index is 0.000000110. The lowest BCUT2D eigenvalue weighted by molar-refractivity contribution is 0.661. The van der Waals surface area contributed by atoms with E-state index in [9.17, 15) is 0 Å². The van der Waals surface area contributed by atoms with Crippen molar-refractivity contribution in [2.24, 2.45) is 0 Å². The van der Waals surface area contributed by atoms with Crippen LogP contribution in [0, 0.1) is 0 Å². The van der Waals surface area contributed by atoms with Crippen molar-refractivity contribution in [1.82, 2.24) is 58.6 Å². The fourth-order valence-electron chi connectivity index (χ4n) is 23.2. The first kappa shape index (κ1) is 87.8. The summed E-state index contributed by atoms with van der Waals surface area (Å²) in [5.41, 5.74) is 36.5. The first-order valence-corrected chi connectivity index (χ1v) is 50.5. The van der Waals surface area contributed by atoms with Crippen molar-refractivity contribution in [3.05, 3.63) is 542 Å². The lowest BCUT2D eigenvalue weighted by Crippen LogP contribution is -2.28. The van der Waals surface area contributed by atoms with Crippen LogP contribution in [-0.4, -0.2) is 58.6 Å². The fraction of sp³-hybridized carbons (Fsp3) is 0.0515. The summed E-state index contributed by atoms with van der Waals surface area (Å²) in [7, 11) is 0. The zero-order chi connectivity index (χ0) is 98.7. The number of hydrogen-bond acceptors (Lipinski definition) is 9. The number of benzene rings is 20. The van der Waals surface area contributed by atoms with Gasteiger partial charge in [-0.15, -0.1) is 0 Å². The largest absolute Gasteiger partial charge is 0.309 e. The zero-order valence-electron chi connectivity index (χ0n) is 81.7. The molecule has 3 aliphatic carbocycles. The van der Waals surface area contributed by atoms with Crippen LogP contribution < -0.4 is 0 Å². The van der Waals surface area contributed by atoms with Gasteiger partial charge in [0.1, 0.15) is 0 Å². The summed E-state index contributed by atoms with van der Waals surface area (Å²) in [6, 6.07) is 176. The van der Waals surface area contributed by atoms with Crippen LogP contribution in [0.5, 0.6) is 0 Å². The monoisotopic (exact) mass is 1890 g/mol. The minimum absolute atomic E-state index is 0.0726. The second kappa shape index (κ2) is 35.7. The average Bonchev–Trinajstić information content (AvgIpc) is 1.52. The highest BCUT2D eigenvalue weighted by Crippen LogP contribution is 2.59. The van der Waals surface area contributed by atoms with Crippen molar-refractivity contribution in [3.63, 3.8) is 0 Å². The molecule has 0 saturated heterocycles. The molecule has 0 bridgehead atoms. The molecule has 148 heavy (non-hydrogen) atoms. The van der Waals surface area contributed by atoms with Gasteiger partial charge in [0.15, 0.2) is 46.6 Å². The molecule has 20 aromatic carbocycles. The molecule has 0 spiro atoms. The van der Waals surface area contributed by atoms with Crippen LogP contribution in [0.4, 0.5) is 0 Å². The number of aromatic nitrogens is 12. The second-order valence-corrected chi connectivity index (χ2v) is 39.4. The van der Waals surface area contributed by atoms with E-state index in [-0.39, 0.29) is 10.8 Å². The summed E-state index contributed by atoms with van der Waals surface area (Å²) in [6.07, 6.45) is 0. The predicted octanol–water partition coefficient (Wildman–Crippen LogP) is 32.9. The molecule has 698 valence electrons. The molecule has 29 rings (SSSR count). The Morgan fingerprint density at radius 1 is 0.155 bits per heavy atom. The minimum atomic E-state index is -0.540. The Labute approximate surface area is 856 Å². The van der Waals surface area contributed by atoms with Gasteiger partial charge in [-0.1, -0.05) is 428 Å². The number of nitrogens with zero attached hydrogens (tertiary/aromatic N) is 12. The highest BCUT2D eigenvalue weighted by molar-refractivity contribution is 6.15. The molecule has 6 heterocycles. The van der Waals surface area contributed by atoms with Crippen LogP contribution in [0.15, 0.2) is 497 Å². The van der Waals surface area contributed by atoms with Gasteiger partial charge in [0.05, 0.1) is 38.5 Å². The molecule has 0 radical (unpaired) electrons. The maximum Gasteiger partial charge on any atom is 0.238 e. The van der Waals surface area contributed by atoms with E-state index in [1.165, 1.54) is 122 Å². The van der Waals surface area contributed by atoms with Gasteiger partial charge in [0, 0.05) is 99.0 Å². The van der Waals surface area contributed by atoms with E-state index in [2.05, 4.69) is 393 Å². The number of para-hydroxylation sites is 3. The van der Waals surface area contributed by atoms with Gasteiger partial charge >= 0.3 is 0 Å². The molecular weight excluding hydrogens is 1800 g/mol. The zero-order valence-corrected chi connectivity index (χ0v) is 81.7. The number of hydrogen-bond donors (Lipinski definition) is 0. The second-order valence-electron chi connectivity index (χ2n) is 39.4. The Hall–Kier alpha value is -19.2. The third-order valence-corrected chi connectivity index (χ3v) is 30.2. The summed E-state index contributed by atoms with van der Waals surface area (Å²) in [4.78, 5) is 45.4. The van der Waals surface area contributed by atoms with Crippen molar-refractivity contribution in [1.29, 1.82) is 0 Å². The van der Waals surface area contributed by atoms with Gasteiger partial charge in [-0.2, -0.15) is 9.97 Å². The molecule has 0 unspecified atom stereocenters. The third-order valence-electron chi connectivity index (χ3n) is 30.2. The molecule has 0 saturated carbocycles. The first-order chi connectivity index (χ1) is 72.9. The van der Waals surface area contributed by atoms with Crippen LogP contribution >= 0.6 is 0 Å². The summed E-state index contributed by atoms with van der Waals surface area (Å²) in [5, 5.41) is 7.32. The average molecular weight is 1900 g/mol. The minimum Gasteiger partial charge on any atom is -0.309 e. The van der Waals surface area contributed by atoms with E-state index in [4.69, 9.17) is 44.9 Å². The van der Waals surface area contributed by atoms with Crippen molar-refractivity contribution < 1.29 is 0 Å². The quantitative estimate of drug-likeness (QED) is 0.104. The molecule has 12 heteroatoms. The molecule has 26 aromatic rings. The highest BCUT2D eigenvalue weighted by atomic mass is 15.2. The third kappa shape index (κ3) is 14.8. The van der Waals surface area contributed by atoms with Gasteiger partial charge in [-0.05, 0) is 186 Å². The van der Waals surface area contributed by atoms with Crippen LogP contribution in [0.25, 0.3) is 218 Å². The Morgan fingerprint density at radius 3 is 0.851 bits per heavy atom. The van der Waals surface area contributed by atoms with Gasteiger partial charge < -0.3 is 9.13 Å². The molecular formula is C136H94N12. The van der Waals surface area contributed by atoms with Gasteiger partial charge in [0.25, 0.3) is 0 Å². The predicted molar refractivity (Wildman–Crippen MR) is 604 cm³/mol. The van der Waals surface area contributed by atoms with Gasteiger partial charge in [-0.25, -0.2) is 34.9 Å². The van der Waals surface area contributed by atoms with E-state index in [1.54, 1.807) is 0 Å². The van der Waals surface area contributed by atoms with Crippen molar-refractivity contribution in [2.75, 3.05) is 0 Å². The van der Waals surface area contributed by atoms with Crippen LogP contribution in [0.1, 0.15) is 72.2 Å². The molecule has 0 fully saturated rings. The van der Waals surface area contributed by atoms with Crippen molar-refractivity contribution in [2.45, 2.75) is 43.9 Å². The SMILES string of the molecule is CC1(C)c2ccccc2-c2cc3c4ccccc4n(-c4ccc(-c5nc(-c6ccccc6)nc(-c6ccccc6)n5)cc4)c3cc21.CC1(C)c2ccccc2-c2cc3c4ccccc4n(-c4cccc(-c5nc(-c6ccccc6)nc(-c6ccccc6)n5)c4)c3cc21.c1ccc(-c2cccc(-c3nc(-c4ccccc4)nc(-n4c5ccccc5c5cc6c(cc54)C(c4ccccc4)(c4ccccc4)c4ccccc4-6)n3)c2)cc1. The van der Waals surface area contributed by atoms with Gasteiger partial charge in [-0.3, -0.25) is 4.57 Å². The lowest BCUT2D eigenvalue weighted by atomic mass is 9.67. The van der Waals surface area contributed by atoms with E-state index >= 15 is 0 Å². The Morgan fingerprint density at radius 2 is 0.432 bits per heavy atom. The van der Waals surface area contributed by atoms with E-state index < -0.39 is 5.41 Å². The smallest absolute Gasteiger partial charge is 0.238 e. The first-order valence-electron chi connectivity index (χ1n) is 50.5. The summed E-state index contributed by atoms with van der Waals surface area (Å²) in [6.45, 7) is 9.36. The molecule has 12 nitrogen and oxygen atoms in total. The summed E-state index contributed by atoms with van der Waals surface area (Å²) < 4.78 is 7.03. The topological polar surface area (TPSA) is 131 Å². The molecule has 0 N–H and O–H groups in total. The molecule has 0 aliphatic heterocycles. The Kier molecular flexibility index (Phi) is 21.2. The van der Waals surface area contributed by atoms with Crippen molar-refractivity contribution >= 4 is 65.4 Å². The van der Waals surface area contributed by atoms with Crippen LogP contribution in [-0.2, 0) is 16.2 Å². The summed E-state index contributed by atoms with van der Waals surface area (Å²) in [5.74, 6) is 5.75.